The molecule has 2 N–H and O–H groups in total. The maximum Gasteiger partial charge on any atom is 0.0906 e. The zero-order valence-corrected chi connectivity index (χ0v) is 10.2. The van der Waals surface area contributed by atoms with E-state index in [0.29, 0.717) is 0 Å². The first-order chi connectivity index (χ1) is 8.20. The predicted molar refractivity (Wildman–Crippen MR) is 73.3 cm³/mol. The number of allylic oxidation sites excluding steroid dienone is 2. The molecule has 1 aliphatic rings. The third-order valence-corrected chi connectivity index (χ3v) is 2.65. The second-order valence-corrected chi connectivity index (χ2v) is 4.03. The lowest BCUT2D eigenvalue weighted by Gasteiger charge is -2.12. The number of nitrogens with one attached hydrogen (secondary N) is 2. The standard InChI is InChI=1S/C14H17N3/c1-4-15-13-8-6-12(9-10(13)2)14-7-5-11(3)16-17-14/h5-9,15-16H,3-4H2,1-2H3. The molecular weight excluding hydrogens is 210 g/mol. The monoisotopic (exact) mass is 227 g/mol. The van der Waals surface area contributed by atoms with E-state index in [1.54, 1.807) is 0 Å². The van der Waals surface area contributed by atoms with Gasteiger partial charge in [-0.25, -0.2) is 0 Å². The lowest BCUT2D eigenvalue weighted by molar-refractivity contribution is 0.914. The van der Waals surface area contributed by atoms with E-state index in [2.05, 4.69) is 54.5 Å². The van der Waals surface area contributed by atoms with Gasteiger partial charge in [-0.15, -0.1) is 0 Å². The second kappa shape index (κ2) is 4.87. The van der Waals surface area contributed by atoms with Gasteiger partial charge in [0.05, 0.1) is 5.71 Å². The molecule has 1 heterocycles. The first kappa shape index (κ1) is 11.5. The first-order valence-corrected chi connectivity index (χ1v) is 5.76. The average Bonchev–Trinajstić information content (AvgIpc) is 2.33. The Morgan fingerprint density at radius 1 is 1.35 bits per heavy atom. The van der Waals surface area contributed by atoms with Gasteiger partial charge in [-0.05, 0) is 43.7 Å². The number of hydrogen-bond donors (Lipinski definition) is 2. The van der Waals surface area contributed by atoms with Crippen LogP contribution in [0.4, 0.5) is 5.69 Å². The van der Waals surface area contributed by atoms with Crippen molar-refractivity contribution in [1.29, 1.82) is 0 Å². The normalized spacial score (nSPS) is 14.2. The molecule has 3 heteroatoms. The van der Waals surface area contributed by atoms with Gasteiger partial charge >= 0.3 is 0 Å². The minimum Gasteiger partial charge on any atom is -0.385 e. The molecule has 0 spiro atoms. The molecule has 0 fully saturated rings. The third-order valence-electron chi connectivity index (χ3n) is 2.65. The molecule has 2 rings (SSSR count). The quantitative estimate of drug-likeness (QED) is 0.833. The molecule has 1 aromatic carbocycles. The van der Waals surface area contributed by atoms with Gasteiger partial charge in [0, 0.05) is 23.5 Å². The Morgan fingerprint density at radius 3 is 2.76 bits per heavy atom. The molecule has 0 amide bonds. The minimum absolute atomic E-state index is 0.815. The van der Waals surface area contributed by atoms with Gasteiger partial charge in [-0.3, -0.25) is 5.43 Å². The molecule has 17 heavy (non-hydrogen) atoms. The third kappa shape index (κ3) is 2.56. The van der Waals surface area contributed by atoms with Crippen LogP contribution in [0.1, 0.15) is 18.1 Å². The Bertz CT molecular complexity index is 498. The molecule has 0 bridgehead atoms. The zero-order chi connectivity index (χ0) is 12.3. The van der Waals surface area contributed by atoms with E-state index < -0.39 is 0 Å². The summed E-state index contributed by atoms with van der Waals surface area (Å²) in [5.41, 5.74) is 8.14. The lowest BCUT2D eigenvalue weighted by Crippen LogP contribution is -2.13. The van der Waals surface area contributed by atoms with Gasteiger partial charge in [0.2, 0.25) is 0 Å². The molecule has 0 saturated heterocycles. The molecule has 0 atom stereocenters. The highest BCUT2D eigenvalue weighted by atomic mass is 15.3. The van der Waals surface area contributed by atoms with Crippen molar-refractivity contribution in [2.75, 3.05) is 11.9 Å². The van der Waals surface area contributed by atoms with Crippen LogP contribution >= 0.6 is 0 Å². The van der Waals surface area contributed by atoms with Crippen molar-refractivity contribution in [2.24, 2.45) is 5.10 Å². The maximum absolute atomic E-state index is 4.26. The van der Waals surface area contributed by atoms with Crippen molar-refractivity contribution < 1.29 is 0 Å². The van der Waals surface area contributed by atoms with Gasteiger partial charge in [0.25, 0.3) is 0 Å². The number of hydrazone groups is 1. The Morgan fingerprint density at radius 2 is 2.18 bits per heavy atom. The minimum atomic E-state index is 0.815. The first-order valence-electron chi connectivity index (χ1n) is 5.76. The Balaban J connectivity index is 2.26. The van der Waals surface area contributed by atoms with Crippen LogP contribution in [0, 0.1) is 6.92 Å². The van der Waals surface area contributed by atoms with Crippen molar-refractivity contribution in [3.8, 4) is 0 Å². The summed E-state index contributed by atoms with van der Waals surface area (Å²) < 4.78 is 0. The van der Waals surface area contributed by atoms with E-state index in [4.69, 9.17) is 0 Å². The van der Waals surface area contributed by atoms with Gasteiger partial charge in [-0.1, -0.05) is 12.6 Å². The van der Waals surface area contributed by atoms with Gasteiger partial charge in [0.15, 0.2) is 0 Å². The van der Waals surface area contributed by atoms with Crippen LogP contribution in [-0.4, -0.2) is 12.3 Å². The number of hydrogen-bond acceptors (Lipinski definition) is 3. The summed E-state index contributed by atoms with van der Waals surface area (Å²) in [7, 11) is 0. The van der Waals surface area contributed by atoms with Crippen LogP contribution in [0.5, 0.6) is 0 Å². The fourth-order valence-electron chi connectivity index (χ4n) is 1.76. The molecule has 0 saturated carbocycles. The van der Waals surface area contributed by atoms with Crippen LogP contribution in [0.2, 0.25) is 0 Å². The molecule has 1 aliphatic heterocycles. The van der Waals surface area contributed by atoms with Crippen molar-refractivity contribution in [1.82, 2.24) is 5.43 Å². The van der Waals surface area contributed by atoms with Crippen molar-refractivity contribution in [3.63, 3.8) is 0 Å². The molecule has 3 nitrogen and oxygen atoms in total. The van der Waals surface area contributed by atoms with Crippen LogP contribution in [0.3, 0.4) is 0 Å². The number of anilines is 1. The zero-order valence-electron chi connectivity index (χ0n) is 10.2. The van der Waals surface area contributed by atoms with Crippen LogP contribution in [0.15, 0.2) is 47.7 Å². The number of nitrogens with zero attached hydrogens (tertiary/aromatic N) is 1. The predicted octanol–water partition coefficient (Wildman–Crippen LogP) is 2.80. The van der Waals surface area contributed by atoms with Crippen LogP contribution in [-0.2, 0) is 0 Å². The molecule has 0 aliphatic carbocycles. The van der Waals surface area contributed by atoms with Crippen molar-refractivity contribution in [2.45, 2.75) is 13.8 Å². The Labute approximate surface area is 102 Å². The van der Waals surface area contributed by atoms with E-state index in [1.165, 1.54) is 11.3 Å². The summed E-state index contributed by atoms with van der Waals surface area (Å²) in [5.74, 6) is 0. The van der Waals surface area contributed by atoms with E-state index in [1.807, 2.05) is 12.2 Å². The molecular formula is C14H17N3. The van der Waals surface area contributed by atoms with Crippen LogP contribution in [0.25, 0.3) is 0 Å². The van der Waals surface area contributed by atoms with Crippen molar-refractivity contribution in [3.05, 3.63) is 53.8 Å². The maximum atomic E-state index is 4.26. The number of aryl methyl sites for hydroxylation is 1. The van der Waals surface area contributed by atoms with E-state index in [9.17, 15) is 0 Å². The molecule has 88 valence electrons. The van der Waals surface area contributed by atoms with E-state index in [0.717, 1.165) is 23.5 Å². The second-order valence-electron chi connectivity index (χ2n) is 4.03. The molecule has 1 aromatic rings. The van der Waals surface area contributed by atoms with Crippen LogP contribution < -0.4 is 10.7 Å². The topological polar surface area (TPSA) is 36.4 Å². The highest BCUT2D eigenvalue weighted by molar-refractivity contribution is 6.09. The number of rotatable bonds is 3. The SMILES string of the molecule is C=C1C=CC(c2ccc(NCC)c(C)c2)=NN1. The van der Waals surface area contributed by atoms with Crippen molar-refractivity contribution >= 4 is 11.4 Å². The number of benzene rings is 1. The summed E-state index contributed by atoms with van der Waals surface area (Å²) in [4.78, 5) is 0. The molecule has 0 aromatic heterocycles. The largest absolute Gasteiger partial charge is 0.385 e. The lowest BCUT2D eigenvalue weighted by atomic mass is 10.0. The summed E-state index contributed by atoms with van der Waals surface area (Å²) in [6.45, 7) is 8.91. The fraction of sp³-hybridized carbons (Fsp3) is 0.214. The molecule has 0 unspecified atom stereocenters. The highest BCUT2D eigenvalue weighted by Crippen LogP contribution is 2.18. The summed E-state index contributed by atoms with van der Waals surface area (Å²) in [5, 5.41) is 7.58. The van der Waals surface area contributed by atoms with E-state index in [-0.39, 0.29) is 0 Å². The van der Waals surface area contributed by atoms with Gasteiger partial charge in [0.1, 0.15) is 0 Å². The Hall–Kier alpha value is -2.03. The van der Waals surface area contributed by atoms with Gasteiger partial charge in [-0.2, -0.15) is 5.10 Å². The summed E-state index contributed by atoms with van der Waals surface area (Å²) >= 11 is 0. The fourth-order valence-corrected chi connectivity index (χ4v) is 1.76. The van der Waals surface area contributed by atoms with E-state index >= 15 is 0 Å². The average molecular weight is 227 g/mol. The van der Waals surface area contributed by atoms with Gasteiger partial charge < -0.3 is 5.32 Å². The molecule has 0 radical (unpaired) electrons. The highest BCUT2D eigenvalue weighted by Gasteiger charge is 2.06. The summed E-state index contributed by atoms with van der Waals surface area (Å²) in [6.07, 6.45) is 3.90. The summed E-state index contributed by atoms with van der Waals surface area (Å²) in [6, 6.07) is 6.30. The smallest absolute Gasteiger partial charge is 0.0906 e. The Kier molecular flexibility index (Phi) is 3.28.